The molecule has 0 heterocycles. The molecule has 17 heavy (non-hydrogen) atoms. The molecule has 4 nitrogen and oxygen atoms in total. The van der Waals surface area contributed by atoms with Crippen LogP contribution in [0.25, 0.3) is 0 Å². The second kappa shape index (κ2) is 8.65. The average molecular weight is 283 g/mol. The van der Waals surface area contributed by atoms with Crippen LogP contribution in [0.1, 0.15) is 19.3 Å². The number of hydrogen-bond donors (Lipinski definition) is 2. The van der Waals surface area contributed by atoms with Crippen LogP contribution in [0.2, 0.25) is 0 Å². The van der Waals surface area contributed by atoms with E-state index in [1.807, 2.05) is 0 Å². The number of hydrogen-bond acceptors (Lipinski definition) is 3. The Labute approximate surface area is 97.7 Å². The second-order valence-corrected chi connectivity index (χ2v) is 4.91. The smallest absolute Gasteiger partial charge is 0.267 e. The molecule has 0 fully saturated rings. The Morgan fingerprint density at radius 3 is 2.00 bits per heavy atom. The average Bonchev–Trinajstić information content (AvgIpc) is 2.14. The molecule has 0 aliphatic heterocycles. The fraction of sp³-hybridized carbons (Fsp3) is 1.00. The first kappa shape index (κ1) is 18.9. The predicted octanol–water partition coefficient (Wildman–Crippen LogP) is 2.19. The lowest BCUT2D eigenvalue weighted by atomic mass is 10.1. The lowest BCUT2D eigenvalue weighted by molar-refractivity contribution is 0.0851. The molecule has 3 atom stereocenters. The summed E-state index contributed by atoms with van der Waals surface area (Å²) in [5.41, 5.74) is 0. The summed E-state index contributed by atoms with van der Waals surface area (Å²) < 4.78 is 78.9. The van der Waals surface area contributed by atoms with Crippen LogP contribution < -0.4 is 6.15 Å². The van der Waals surface area contributed by atoms with Crippen LogP contribution in [0.15, 0.2) is 0 Å². The molecule has 0 saturated carbocycles. The molecule has 106 valence electrons. The van der Waals surface area contributed by atoms with Gasteiger partial charge in [-0.15, -0.1) is 0 Å². The van der Waals surface area contributed by atoms with Crippen molar-refractivity contribution < 1.29 is 30.5 Å². The SMILES string of the molecule is N.O=S(=O)(O)CC(F)C(F)C(F)CCCCF. The topological polar surface area (TPSA) is 89.4 Å². The van der Waals surface area contributed by atoms with Crippen molar-refractivity contribution in [2.24, 2.45) is 0 Å². The maximum absolute atomic E-state index is 12.9. The van der Waals surface area contributed by atoms with Gasteiger partial charge in [0.1, 0.15) is 11.9 Å². The maximum atomic E-state index is 12.9. The van der Waals surface area contributed by atoms with Crippen LogP contribution in [0.3, 0.4) is 0 Å². The molecule has 4 N–H and O–H groups in total. The molecule has 0 rings (SSSR count). The summed E-state index contributed by atoms with van der Waals surface area (Å²) in [6, 6.07) is 0. The fourth-order valence-electron chi connectivity index (χ4n) is 1.11. The van der Waals surface area contributed by atoms with E-state index < -0.39 is 41.1 Å². The minimum absolute atomic E-state index is 0. The minimum Gasteiger partial charge on any atom is -0.344 e. The van der Waals surface area contributed by atoms with Gasteiger partial charge in [0, 0.05) is 0 Å². The van der Waals surface area contributed by atoms with E-state index in [1.54, 1.807) is 0 Å². The summed E-state index contributed by atoms with van der Waals surface area (Å²) in [5.74, 6) is -1.47. The van der Waals surface area contributed by atoms with Gasteiger partial charge in [-0.1, -0.05) is 0 Å². The molecular formula is C8H17F4NO3S. The molecule has 9 heteroatoms. The fourth-order valence-corrected chi connectivity index (χ4v) is 1.70. The monoisotopic (exact) mass is 283 g/mol. The van der Waals surface area contributed by atoms with Gasteiger partial charge in [0.25, 0.3) is 10.1 Å². The van der Waals surface area contributed by atoms with Crippen LogP contribution in [-0.2, 0) is 10.1 Å². The third kappa shape index (κ3) is 9.31. The largest absolute Gasteiger partial charge is 0.344 e. The van der Waals surface area contributed by atoms with E-state index >= 15 is 0 Å². The lowest BCUT2D eigenvalue weighted by Crippen LogP contribution is -2.33. The summed E-state index contributed by atoms with van der Waals surface area (Å²) in [7, 11) is -4.67. The molecule has 0 aromatic rings. The van der Waals surface area contributed by atoms with Crippen LogP contribution in [0.4, 0.5) is 17.6 Å². The molecule has 0 amide bonds. The van der Waals surface area contributed by atoms with E-state index in [1.165, 1.54) is 0 Å². The number of halogens is 4. The standard InChI is InChI=1S/C8H14F4O3S.H3N/c9-4-2-1-3-6(10)8(12)7(11)5-16(13,14)15;/h6-8H,1-5H2,(H,13,14,15);1H3. The Hall–Kier alpha value is -0.410. The van der Waals surface area contributed by atoms with Crippen molar-refractivity contribution in [2.75, 3.05) is 12.4 Å². The Morgan fingerprint density at radius 1 is 1.06 bits per heavy atom. The first-order chi connectivity index (χ1) is 7.28. The van der Waals surface area contributed by atoms with Gasteiger partial charge in [0.2, 0.25) is 0 Å². The molecule has 0 saturated heterocycles. The van der Waals surface area contributed by atoms with Crippen molar-refractivity contribution in [3.63, 3.8) is 0 Å². The summed E-state index contributed by atoms with van der Waals surface area (Å²) in [6.07, 6.45) is -7.71. The van der Waals surface area contributed by atoms with Crippen molar-refractivity contribution in [2.45, 2.75) is 37.8 Å². The Kier molecular flexibility index (Phi) is 9.64. The summed E-state index contributed by atoms with van der Waals surface area (Å²) in [6.45, 7) is -0.673. The van der Waals surface area contributed by atoms with Crippen LogP contribution in [-0.4, -0.2) is 43.9 Å². The van der Waals surface area contributed by atoms with E-state index in [9.17, 15) is 26.0 Å². The van der Waals surface area contributed by atoms with Gasteiger partial charge in [-0.25, -0.2) is 13.2 Å². The predicted molar refractivity (Wildman–Crippen MR) is 56.0 cm³/mol. The minimum atomic E-state index is -4.67. The number of alkyl halides is 4. The highest BCUT2D eigenvalue weighted by Crippen LogP contribution is 2.18. The molecule has 3 unspecified atom stereocenters. The van der Waals surface area contributed by atoms with Gasteiger partial charge in [0.15, 0.2) is 12.3 Å². The molecule has 0 aromatic heterocycles. The normalized spacial score (nSPS) is 17.0. The van der Waals surface area contributed by atoms with Crippen LogP contribution >= 0.6 is 0 Å². The molecule has 0 bridgehead atoms. The summed E-state index contributed by atoms with van der Waals surface area (Å²) >= 11 is 0. The Balaban J connectivity index is 0. The lowest BCUT2D eigenvalue weighted by Gasteiger charge is -2.16. The Morgan fingerprint density at radius 2 is 1.59 bits per heavy atom. The van der Waals surface area contributed by atoms with Gasteiger partial charge < -0.3 is 6.15 Å². The first-order valence-corrected chi connectivity index (χ1v) is 6.32. The molecular weight excluding hydrogens is 266 g/mol. The third-order valence-corrected chi connectivity index (χ3v) is 2.66. The van der Waals surface area contributed by atoms with Crippen LogP contribution in [0, 0.1) is 0 Å². The zero-order valence-electron chi connectivity index (χ0n) is 9.16. The third-order valence-electron chi connectivity index (χ3n) is 1.92. The molecule has 0 aromatic carbocycles. The summed E-state index contributed by atoms with van der Waals surface area (Å²) in [4.78, 5) is 0. The molecule has 0 aliphatic rings. The summed E-state index contributed by atoms with van der Waals surface area (Å²) in [5, 5.41) is 0. The van der Waals surface area contributed by atoms with Crippen molar-refractivity contribution in [1.82, 2.24) is 6.15 Å². The van der Waals surface area contributed by atoms with Gasteiger partial charge in [0.05, 0.1) is 6.67 Å². The van der Waals surface area contributed by atoms with Crippen molar-refractivity contribution >= 4 is 10.1 Å². The van der Waals surface area contributed by atoms with Crippen molar-refractivity contribution in [3.8, 4) is 0 Å². The zero-order valence-corrected chi connectivity index (χ0v) is 9.98. The van der Waals surface area contributed by atoms with Gasteiger partial charge in [-0.3, -0.25) is 8.94 Å². The van der Waals surface area contributed by atoms with Crippen LogP contribution in [0.5, 0.6) is 0 Å². The first-order valence-electron chi connectivity index (χ1n) is 4.71. The van der Waals surface area contributed by atoms with E-state index in [0.717, 1.165) is 0 Å². The molecule has 0 aliphatic carbocycles. The molecule has 0 spiro atoms. The zero-order chi connectivity index (χ0) is 12.8. The highest BCUT2D eigenvalue weighted by Gasteiger charge is 2.32. The van der Waals surface area contributed by atoms with Crippen molar-refractivity contribution in [3.05, 3.63) is 0 Å². The van der Waals surface area contributed by atoms with Crippen molar-refractivity contribution in [1.29, 1.82) is 0 Å². The second-order valence-electron chi connectivity index (χ2n) is 3.41. The number of unbranched alkanes of at least 4 members (excludes halogenated alkanes) is 1. The van der Waals surface area contributed by atoms with Gasteiger partial charge in [-0.2, -0.15) is 8.42 Å². The quantitative estimate of drug-likeness (QED) is 0.406. The molecule has 0 radical (unpaired) electrons. The van der Waals surface area contributed by atoms with Gasteiger partial charge in [-0.05, 0) is 19.3 Å². The highest BCUT2D eigenvalue weighted by molar-refractivity contribution is 7.85. The van der Waals surface area contributed by atoms with E-state index in [4.69, 9.17) is 4.55 Å². The van der Waals surface area contributed by atoms with E-state index in [0.29, 0.717) is 0 Å². The van der Waals surface area contributed by atoms with Gasteiger partial charge >= 0.3 is 0 Å². The highest BCUT2D eigenvalue weighted by atomic mass is 32.2. The van der Waals surface area contributed by atoms with E-state index in [2.05, 4.69) is 0 Å². The maximum Gasteiger partial charge on any atom is 0.267 e. The van der Waals surface area contributed by atoms with E-state index in [-0.39, 0.29) is 25.4 Å². The number of rotatable bonds is 8. The Bertz CT molecular complexity index is 288.